The van der Waals surface area contributed by atoms with Crippen LogP contribution in [-0.2, 0) is 15.0 Å². The molecule has 1 heterocycles. The van der Waals surface area contributed by atoms with E-state index in [0.29, 0.717) is 24.9 Å². The second kappa shape index (κ2) is 4.89. The summed E-state index contributed by atoms with van der Waals surface area (Å²) in [6.07, 6.45) is 2.70. The van der Waals surface area contributed by atoms with Gasteiger partial charge in [-0.1, -0.05) is 18.2 Å². The third-order valence-corrected chi connectivity index (χ3v) is 4.21. The van der Waals surface area contributed by atoms with Gasteiger partial charge >= 0.3 is 0 Å². The largest absolute Gasteiger partial charge is 0.353 e. The predicted molar refractivity (Wildman–Crippen MR) is 71.5 cm³/mol. The molecule has 1 saturated heterocycles. The molecule has 1 unspecified atom stereocenters. The van der Waals surface area contributed by atoms with Crippen molar-refractivity contribution in [1.29, 1.82) is 0 Å². The number of carbonyl (C=O) groups is 2. The quantitative estimate of drug-likeness (QED) is 0.869. The first-order valence-corrected chi connectivity index (χ1v) is 6.93. The number of halogens is 1. The number of benzene rings is 1. The molecule has 1 aliphatic heterocycles. The summed E-state index contributed by atoms with van der Waals surface area (Å²) in [4.78, 5) is 23.1. The van der Waals surface area contributed by atoms with Crippen molar-refractivity contribution >= 4 is 11.8 Å². The van der Waals surface area contributed by atoms with Crippen molar-refractivity contribution in [3.05, 3.63) is 35.6 Å². The first-order chi connectivity index (χ1) is 9.61. The predicted octanol–water partition coefficient (Wildman–Crippen LogP) is 1.25. The summed E-state index contributed by atoms with van der Waals surface area (Å²) < 4.78 is 13.8. The number of hydrogen-bond donors (Lipinski definition) is 2. The molecule has 3 rings (SSSR count). The zero-order valence-corrected chi connectivity index (χ0v) is 11.1. The van der Waals surface area contributed by atoms with E-state index in [0.717, 1.165) is 12.8 Å². The fourth-order valence-corrected chi connectivity index (χ4v) is 2.77. The van der Waals surface area contributed by atoms with E-state index in [1.165, 1.54) is 6.07 Å². The Balaban J connectivity index is 1.62. The Morgan fingerprint density at radius 3 is 2.75 bits per heavy atom. The van der Waals surface area contributed by atoms with E-state index in [1.807, 2.05) is 6.07 Å². The summed E-state index contributed by atoms with van der Waals surface area (Å²) in [5, 5.41) is 5.49. The maximum atomic E-state index is 13.8. The second-order valence-corrected chi connectivity index (χ2v) is 5.64. The van der Waals surface area contributed by atoms with E-state index >= 15 is 0 Å². The molecule has 1 atom stereocenters. The van der Waals surface area contributed by atoms with Gasteiger partial charge in [0, 0.05) is 18.4 Å². The minimum absolute atomic E-state index is 0.0830. The maximum Gasteiger partial charge on any atom is 0.242 e. The molecule has 2 amide bonds. The molecule has 0 bridgehead atoms. The maximum absolute atomic E-state index is 13.8. The Bertz CT molecular complexity index is 555. The average molecular weight is 276 g/mol. The second-order valence-electron chi connectivity index (χ2n) is 5.64. The number of carbonyl (C=O) groups excluding carboxylic acids is 2. The van der Waals surface area contributed by atoms with E-state index in [1.54, 1.807) is 12.1 Å². The monoisotopic (exact) mass is 276 g/mol. The van der Waals surface area contributed by atoms with Gasteiger partial charge in [0.05, 0.1) is 0 Å². The van der Waals surface area contributed by atoms with Gasteiger partial charge in [0.15, 0.2) is 0 Å². The summed E-state index contributed by atoms with van der Waals surface area (Å²) in [6, 6.07) is 6.29. The van der Waals surface area contributed by atoms with Crippen molar-refractivity contribution in [2.24, 2.45) is 0 Å². The fourth-order valence-electron chi connectivity index (χ4n) is 2.77. The van der Waals surface area contributed by atoms with Gasteiger partial charge in [-0.05, 0) is 30.9 Å². The molecule has 2 N–H and O–H groups in total. The lowest BCUT2D eigenvalue weighted by Gasteiger charge is -2.19. The first-order valence-electron chi connectivity index (χ1n) is 6.93. The molecule has 20 heavy (non-hydrogen) atoms. The summed E-state index contributed by atoms with van der Waals surface area (Å²) >= 11 is 0. The summed E-state index contributed by atoms with van der Waals surface area (Å²) in [5.41, 5.74) is 0.416. The molecule has 1 aromatic rings. The van der Waals surface area contributed by atoms with Crippen molar-refractivity contribution in [3.8, 4) is 0 Å². The van der Waals surface area contributed by atoms with Gasteiger partial charge in [-0.25, -0.2) is 4.39 Å². The van der Waals surface area contributed by atoms with E-state index in [-0.39, 0.29) is 23.0 Å². The molecule has 4 nitrogen and oxygen atoms in total. The van der Waals surface area contributed by atoms with Crippen LogP contribution in [-0.4, -0.2) is 24.4 Å². The van der Waals surface area contributed by atoms with Crippen LogP contribution in [0.1, 0.15) is 31.2 Å². The third kappa shape index (κ3) is 2.40. The molecule has 106 valence electrons. The van der Waals surface area contributed by atoms with Crippen LogP contribution >= 0.6 is 0 Å². The van der Waals surface area contributed by atoms with Gasteiger partial charge in [-0.15, -0.1) is 0 Å². The van der Waals surface area contributed by atoms with Gasteiger partial charge < -0.3 is 10.6 Å². The van der Waals surface area contributed by atoms with E-state index < -0.39 is 6.04 Å². The lowest BCUT2D eigenvalue weighted by Crippen LogP contribution is -2.44. The van der Waals surface area contributed by atoms with Crippen molar-refractivity contribution in [1.82, 2.24) is 10.6 Å². The number of nitrogens with one attached hydrogen (secondary N) is 2. The normalized spacial score (nSPS) is 23.2. The average Bonchev–Trinajstić information content (AvgIpc) is 3.10. The molecule has 5 heteroatoms. The Labute approximate surface area is 116 Å². The van der Waals surface area contributed by atoms with Crippen molar-refractivity contribution in [2.45, 2.75) is 37.1 Å². The van der Waals surface area contributed by atoms with Crippen molar-refractivity contribution in [2.75, 3.05) is 6.54 Å². The van der Waals surface area contributed by atoms with Crippen LogP contribution in [0.5, 0.6) is 0 Å². The Morgan fingerprint density at radius 1 is 1.40 bits per heavy atom. The number of hydrogen-bond acceptors (Lipinski definition) is 2. The molecule has 2 fully saturated rings. The third-order valence-electron chi connectivity index (χ3n) is 4.21. The SMILES string of the molecule is O=C1CCC(C(=O)NCC2(c3ccccc3F)CC2)N1. The molecule has 1 aromatic carbocycles. The Kier molecular flexibility index (Phi) is 3.20. The van der Waals surface area contributed by atoms with Crippen molar-refractivity contribution < 1.29 is 14.0 Å². The zero-order chi connectivity index (χ0) is 14.2. The van der Waals surface area contributed by atoms with E-state index in [9.17, 15) is 14.0 Å². The Morgan fingerprint density at radius 2 is 2.15 bits per heavy atom. The van der Waals surface area contributed by atoms with Gasteiger partial charge in [0.1, 0.15) is 11.9 Å². The first kappa shape index (κ1) is 13.1. The highest BCUT2D eigenvalue weighted by Gasteiger charge is 2.46. The molecular weight excluding hydrogens is 259 g/mol. The molecule has 1 saturated carbocycles. The topological polar surface area (TPSA) is 58.2 Å². The van der Waals surface area contributed by atoms with Gasteiger partial charge in [-0.3, -0.25) is 9.59 Å². The van der Waals surface area contributed by atoms with E-state index in [2.05, 4.69) is 10.6 Å². The summed E-state index contributed by atoms with van der Waals surface area (Å²) in [6.45, 7) is 0.430. The highest BCUT2D eigenvalue weighted by atomic mass is 19.1. The molecule has 0 aromatic heterocycles. The molecule has 1 aliphatic carbocycles. The van der Waals surface area contributed by atoms with Crippen LogP contribution in [0.4, 0.5) is 4.39 Å². The minimum atomic E-state index is -0.432. The molecular formula is C15H17FN2O2. The van der Waals surface area contributed by atoms with Gasteiger partial charge in [-0.2, -0.15) is 0 Å². The van der Waals surface area contributed by atoms with Crippen LogP contribution in [0.3, 0.4) is 0 Å². The lowest BCUT2D eigenvalue weighted by atomic mass is 9.95. The van der Waals surface area contributed by atoms with Crippen LogP contribution in [0.25, 0.3) is 0 Å². The van der Waals surface area contributed by atoms with Crippen LogP contribution in [0, 0.1) is 5.82 Å². The minimum Gasteiger partial charge on any atom is -0.353 e. The van der Waals surface area contributed by atoms with Crippen molar-refractivity contribution in [3.63, 3.8) is 0 Å². The fraction of sp³-hybridized carbons (Fsp3) is 0.467. The standard InChI is InChI=1S/C15H17FN2O2/c16-11-4-2-1-3-10(11)15(7-8-15)9-17-14(20)12-5-6-13(19)18-12/h1-4,12H,5-9H2,(H,17,20)(H,18,19). The van der Waals surface area contributed by atoms with Crippen LogP contribution in [0.2, 0.25) is 0 Å². The lowest BCUT2D eigenvalue weighted by molar-refractivity contribution is -0.125. The summed E-state index contributed by atoms with van der Waals surface area (Å²) in [7, 11) is 0. The Hall–Kier alpha value is -1.91. The van der Waals surface area contributed by atoms with Crippen LogP contribution in [0.15, 0.2) is 24.3 Å². The molecule has 0 spiro atoms. The zero-order valence-electron chi connectivity index (χ0n) is 11.1. The number of rotatable bonds is 4. The molecule has 0 radical (unpaired) electrons. The smallest absolute Gasteiger partial charge is 0.242 e. The van der Waals surface area contributed by atoms with E-state index in [4.69, 9.17) is 0 Å². The van der Waals surface area contributed by atoms with Crippen LogP contribution < -0.4 is 10.6 Å². The van der Waals surface area contributed by atoms with Gasteiger partial charge in [0.25, 0.3) is 0 Å². The summed E-state index contributed by atoms with van der Waals surface area (Å²) in [5.74, 6) is -0.465. The highest BCUT2D eigenvalue weighted by molar-refractivity contribution is 5.90. The molecule has 2 aliphatic rings. The highest BCUT2D eigenvalue weighted by Crippen LogP contribution is 2.48. The number of amides is 2. The van der Waals surface area contributed by atoms with Gasteiger partial charge in [0.2, 0.25) is 11.8 Å².